The van der Waals surface area contributed by atoms with Crippen LogP contribution in [0.15, 0.2) is 29.3 Å². The third kappa shape index (κ3) is 6.22. The lowest BCUT2D eigenvalue weighted by Gasteiger charge is -2.35. The molecule has 1 aromatic carbocycles. The van der Waals surface area contributed by atoms with Gasteiger partial charge in [0.2, 0.25) is 0 Å². The molecule has 7 nitrogen and oxygen atoms in total. The maximum Gasteiger partial charge on any atom is 0.409 e. The highest BCUT2D eigenvalue weighted by atomic mass is 127. The van der Waals surface area contributed by atoms with Crippen LogP contribution in [0.25, 0.3) is 0 Å². The SMILES string of the molecule is CCOC(=O)N1CCN(C(=NC)NCc2cccc(N(C)C)c2)CC1.I. The van der Waals surface area contributed by atoms with Crippen LogP contribution in [0, 0.1) is 0 Å². The maximum atomic E-state index is 11.8. The van der Waals surface area contributed by atoms with Gasteiger partial charge in [0, 0.05) is 59.6 Å². The van der Waals surface area contributed by atoms with E-state index < -0.39 is 0 Å². The lowest BCUT2D eigenvalue weighted by atomic mass is 10.2. The molecule has 0 spiro atoms. The van der Waals surface area contributed by atoms with Gasteiger partial charge >= 0.3 is 6.09 Å². The monoisotopic (exact) mass is 475 g/mol. The van der Waals surface area contributed by atoms with Gasteiger partial charge in [-0.1, -0.05) is 12.1 Å². The predicted octanol–water partition coefficient (Wildman–Crippen LogP) is 2.22. The standard InChI is InChI=1S/C18H29N5O2.HI/c1-5-25-18(24)23-11-9-22(10-12-23)17(19-2)20-14-15-7-6-8-16(13-15)21(3)4;/h6-8,13H,5,9-12,14H2,1-4H3,(H,19,20);1H. The minimum Gasteiger partial charge on any atom is -0.450 e. The molecule has 1 aliphatic heterocycles. The predicted molar refractivity (Wildman–Crippen MR) is 117 cm³/mol. The summed E-state index contributed by atoms with van der Waals surface area (Å²) >= 11 is 0. The van der Waals surface area contributed by atoms with E-state index in [1.54, 1.807) is 11.9 Å². The van der Waals surface area contributed by atoms with E-state index in [2.05, 4.69) is 44.4 Å². The number of ether oxygens (including phenoxy) is 1. The van der Waals surface area contributed by atoms with E-state index in [9.17, 15) is 4.79 Å². The average Bonchev–Trinajstić information content (AvgIpc) is 2.63. The molecular weight excluding hydrogens is 445 g/mol. The molecule has 0 aromatic heterocycles. The van der Waals surface area contributed by atoms with Gasteiger partial charge in [-0.2, -0.15) is 0 Å². The lowest BCUT2D eigenvalue weighted by Crippen LogP contribution is -2.53. The Bertz CT molecular complexity index is 601. The van der Waals surface area contributed by atoms with Crippen LogP contribution in [0.4, 0.5) is 10.5 Å². The summed E-state index contributed by atoms with van der Waals surface area (Å²) in [6.07, 6.45) is -0.231. The first kappa shape index (κ1) is 22.3. The number of carbonyl (C=O) groups is 1. The molecule has 0 atom stereocenters. The van der Waals surface area contributed by atoms with Crippen LogP contribution in [0.3, 0.4) is 0 Å². The summed E-state index contributed by atoms with van der Waals surface area (Å²) < 4.78 is 5.06. The Morgan fingerprint density at radius 2 is 1.88 bits per heavy atom. The second-order valence-corrected chi connectivity index (χ2v) is 6.14. The summed E-state index contributed by atoms with van der Waals surface area (Å²) in [6, 6.07) is 8.42. The van der Waals surface area contributed by atoms with Gasteiger partial charge in [0.25, 0.3) is 0 Å². The minimum absolute atomic E-state index is 0. The van der Waals surface area contributed by atoms with Gasteiger partial charge < -0.3 is 24.8 Å². The van der Waals surface area contributed by atoms with Crippen LogP contribution >= 0.6 is 24.0 Å². The number of hydrogen-bond acceptors (Lipinski definition) is 4. The summed E-state index contributed by atoms with van der Waals surface area (Å²) in [6.45, 7) is 5.74. The summed E-state index contributed by atoms with van der Waals surface area (Å²) in [4.78, 5) is 22.2. The number of piperazine rings is 1. The van der Waals surface area contributed by atoms with E-state index >= 15 is 0 Å². The number of aliphatic imine (C=N–C) groups is 1. The van der Waals surface area contributed by atoms with E-state index in [1.807, 2.05) is 21.0 Å². The molecule has 1 amide bonds. The molecule has 0 radical (unpaired) electrons. The van der Waals surface area contributed by atoms with Crippen LogP contribution in [-0.4, -0.2) is 75.8 Å². The fourth-order valence-corrected chi connectivity index (χ4v) is 2.77. The van der Waals surface area contributed by atoms with Crippen molar-refractivity contribution in [2.75, 3.05) is 58.8 Å². The molecule has 26 heavy (non-hydrogen) atoms. The van der Waals surface area contributed by atoms with Crippen LogP contribution in [0.5, 0.6) is 0 Å². The summed E-state index contributed by atoms with van der Waals surface area (Å²) in [7, 11) is 5.86. The van der Waals surface area contributed by atoms with Crippen molar-refractivity contribution in [3.05, 3.63) is 29.8 Å². The van der Waals surface area contributed by atoms with E-state index in [1.165, 1.54) is 11.3 Å². The summed E-state index contributed by atoms with van der Waals surface area (Å²) in [5.41, 5.74) is 2.38. The Morgan fingerprint density at radius 1 is 1.23 bits per heavy atom. The zero-order chi connectivity index (χ0) is 18.2. The van der Waals surface area contributed by atoms with Crippen molar-refractivity contribution in [2.45, 2.75) is 13.5 Å². The fraction of sp³-hybridized carbons (Fsp3) is 0.556. The minimum atomic E-state index is -0.231. The summed E-state index contributed by atoms with van der Waals surface area (Å²) in [5.74, 6) is 0.860. The molecule has 1 aliphatic rings. The second kappa shape index (κ2) is 11.1. The molecule has 8 heteroatoms. The first-order chi connectivity index (χ1) is 12.0. The zero-order valence-corrected chi connectivity index (χ0v) is 18.4. The van der Waals surface area contributed by atoms with E-state index in [0.717, 1.165) is 19.0 Å². The van der Waals surface area contributed by atoms with Gasteiger partial charge in [-0.05, 0) is 24.6 Å². The number of guanidine groups is 1. The smallest absolute Gasteiger partial charge is 0.409 e. The van der Waals surface area contributed by atoms with Crippen molar-refractivity contribution >= 4 is 41.7 Å². The lowest BCUT2D eigenvalue weighted by molar-refractivity contribution is 0.0914. The normalized spacial score (nSPS) is 14.5. The van der Waals surface area contributed by atoms with Crippen molar-refractivity contribution in [3.63, 3.8) is 0 Å². The van der Waals surface area contributed by atoms with Gasteiger partial charge in [-0.15, -0.1) is 24.0 Å². The van der Waals surface area contributed by atoms with Gasteiger partial charge in [0.05, 0.1) is 6.61 Å². The topological polar surface area (TPSA) is 60.4 Å². The zero-order valence-electron chi connectivity index (χ0n) is 16.1. The molecule has 0 unspecified atom stereocenters. The Labute approximate surface area is 173 Å². The van der Waals surface area contributed by atoms with E-state index in [-0.39, 0.29) is 30.1 Å². The van der Waals surface area contributed by atoms with Gasteiger partial charge in [0.15, 0.2) is 5.96 Å². The molecule has 1 aromatic rings. The third-order valence-corrected chi connectivity index (χ3v) is 4.19. The van der Waals surface area contributed by atoms with Crippen molar-refractivity contribution < 1.29 is 9.53 Å². The number of halogens is 1. The Balaban J connectivity index is 0.00000338. The number of nitrogens with zero attached hydrogens (tertiary/aromatic N) is 4. The van der Waals surface area contributed by atoms with E-state index in [0.29, 0.717) is 26.2 Å². The van der Waals surface area contributed by atoms with Gasteiger partial charge in [0.1, 0.15) is 0 Å². The van der Waals surface area contributed by atoms with Crippen molar-refractivity contribution in [1.82, 2.24) is 15.1 Å². The van der Waals surface area contributed by atoms with Crippen molar-refractivity contribution in [1.29, 1.82) is 0 Å². The Morgan fingerprint density at radius 3 is 2.46 bits per heavy atom. The number of amides is 1. The molecule has 1 N–H and O–H groups in total. The Kier molecular flexibility index (Phi) is 9.53. The van der Waals surface area contributed by atoms with Crippen molar-refractivity contribution in [2.24, 2.45) is 4.99 Å². The molecule has 1 fully saturated rings. The van der Waals surface area contributed by atoms with Gasteiger partial charge in [-0.3, -0.25) is 4.99 Å². The molecule has 1 saturated heterocycles. The number of anilines is 1. The molecule has 0 saturated carbocycles. The van der Waals surface area contributed by atoms with Gasteiger partial charge in [-0.25, -0.2) is 4.79 Å². The average molecular weight is 475 g/mol. The first-order valence-corrected chi connectivity index (χ1v) is 8.68. The highest BCUT2D eigenvalue weighted by Crippen LogP contribution is 2.13. The molecular formula is C18H30IN5O2. The second-order valence-electron chi connectivity index (χ2n) is 6.14. The van der Waals surface area contributed by atoms with Crippen molar-refractivity contribution in [3.8, 4) is 0 Å². The molecule has 0 bridgehead atoms. The molecule has 2 rings (SSSR count). The number of benzene rings is 1. The van der Waals surface area contributed by atoms with E-state index in [4.69, 9.17) is 4.74 Å². The van der Waals surface area contributed by atoms with Crippen LogP contribution in [0.1, 0.15) is 12.5 Å². The quantitative estimate of drug-likeness (QED) is 0.411. The molecule has 0 aliphatic carbocycles. The molecule has 146 valence electrons. The van der Waals surface area contributed by atoms with Crippen LogP contribution < -0.4 is 10.2 Å². The first-order valence-electron chi connectivity index (χ1n) is 8.68. The highest BCUT2D eigenvalue weighted by Gasteiger charge is 2.23. The maximum absolute atomic E-state index is 11.8. The fourth-order valence-electron chi connectivity index (χ4n) is 2.77. The number of carbonyl (C=O) groups excluding carboxylic acids is 1. The number of hydrogen-bond donors (Lipinski definition) is 1. The molecule has 1 heterocycles. The number of nitrogens with one attached hydrogen (secondary N) is 1. The Hall–Kier alpha value is -1.71. The van der Waals surface area contributed by atoms with Crippen LogP contribution in [-0.2, 0) is 11.3 Å². The van der Waals surface area contributed by atoms with Crippen LogP contribution in [0.2, 0.25) is 0 Å². The summed E-state index contributed by atoms with van der Waals surface area (Å²) in [5, 5.41) is 3.41. The number of rotatable bonds is 4. The third-order valence-electron chi connectivity index (χ3n) is 4.19. The highest BCUT2D eigenvalue weighted by molar-refractivity contribution is 14.0. The largest absolute Gasteiger partial charge is 0.450 e.